The van der Waals surface area contributed by atoms with Crippen LogP contribution in [0.3, 0.4) is 0 Å². The van der Waals surface area contributed by atoms with E-state index in [9.17, 15) is 18.3 Å². The fourth-order valence-corrected chi connectivity index (χ4v) is 5.70. The second-order valence-electron chi connectivity index (χ2n) is 9.56. The Morgan fingerprint density at radius 1 is 1.18 bits per heavy atom. The minimum absolute atomic E-state index is 0.107. The van der Waals surface area contributed by atoms with Crippen LogP contribution in [-0.4, -0.2) is 76.1 Å². The summed E-state index contributed by atoms with van der Waals surface area (Å²) >= 11 is 6.73. The van der Waals surface area contributed by atoms with Crippen LogP contribution < -0.4 is 9.62 Å². The number of aryl methyl sites for hydroxylation is 1. The highest BCUT2D eigenvalue weighted by Gasteiger charge is 2.34. The van der Waals surface area contributed by atoms with Crippen molar-refractivity contribution in [1.29, 1.82) is 0 Å². The molecule has 3 heterocycles. The lowest BCUT2D eigenvalue weighted by atomic mass is 9.95. The fraction of sp³-hybridized carbons (Fsp3) is 0.333. The van der Waals surface area contributed by atoms with Gasteiger partial charge in [0.05, 0.1) is 23.0 Å². The topological polar surface area (TPSA) is 144 Å². The molecular weight excluding hydrogens is 537 g/mol. The summed E-state index contributed by atoms with van der Waals surface area (Å²) in [4.78, 5) is 23.5. The normalized spacial score (nSPS) is 18.4. The predicted octanol–water partition coefficient (Wildman–Crippen LogP) is 4.22. The van der Waals surface area contributed by atoms with Gasteiger partial charge in [-0.05, 0) is 38.5 Å². The Morgan fingerprint density at radius 3 is 2.61 bits per heavy atom. The van der Waals surface area contributed by atoms with Gasteiger partial charge in [-0.15, -0.1) is 0 Å². The second kappa shape index (κ2) is 9.24. The molecule has 3 N–H and O–H groups in total. The molecule has 1 saturated heterocycles. The van der Waals surface area contributed by atoms with Gasteiger partial charge in [0.2, 0.25) is 16.0 Å². The molecule has 1 aliphatic rings. The Hall–Kier alpha value is -3.71. The largest absolute Gasteiger partial charge is 0.465 e. The quantitative estimate of drug-likeness (QED) is 0.336. The minimum atomic E-state index is -3.79. The zero-order chi connectivity index (χ0) is 27.5. The van der Waals surface area contributed by atoms with Crippen molar-refractivity contribution in [3.8, 4) is 11.1 Å². The Balaban J connectivity index is 1.77. The molecule has 0 aliphatic carbocycles. The van der Waals surface area contributed by atoms with Gasteiger partial charge in [0.25, 0.3) is 0 Å². The number of halogens is 2. The van der Waals surface area contributed by atoms with E-state index in [1.165, 1.54) is 4.90 Å². The van der Waals surface area contributed by atoms with Crippen LogP contribution in [0.1, 0.15) is 19.4 Å². The zero-order valence-electron chi connectivity index (χ0n) is 21.0. The number of carboxylic acid groups (broad SMARTS) is 1. The number of anilines is 2. The summed E-state index contributed by atoms with van der Waals surface area (Å²) in [6, 6.07) is 4.47. The number of amides is 1. The summed E-state index contributed by atoms with van der Waals surface area (Å²) in [5.74, 6) is -0.800. The molecule has 2 aromatic carbocycles. The third kappa shape index (κ3) is 4.45. The summed E-state index contributed by atoms with van der Waals surface area (Å²) in [7, 11) is -3.79. The number of hydrogen-bond donors (Lipinski definition) is 3. The monoisotopic (exact) mass is 561 g/mol. The van der Waals surface area contributed by atoms with Gasteiger partial charge in [-0.3, -0.25) is 9.82 Å². The van der Waals surface area contributed by atoms with Crippen molar-refractivity contribution < 1.29 is 22.7 Å². The fourth-order valence-electron chi connectivity index (χ4n) is 4.99. The predicted molar refractivity (Wildman–Crippen MR) is 144 cm³/mol. The number of H-pyrrole nitrogens is 1. The molecular formula is C24H25ClFN7O4S. The lowest BCUT2D eigenvalue weighted by molar-refractivity contribution is 0.114. The van der Waals surface area contributed by atoms with E-state index < -0.39 is 28.0 Å². The average Bonchev–Trinajstić information content (AvgIpc) is 3.29. The Labute approximate surface area is 222 Å². The molecule has 5 rings (SSSR count). The Bertz CT molecular complexity index is 1710. The highest BCUT2D eigenvalue weighted by Crippen LogP contribution is 2.42. The number of sulfonamides is 1. The number of piperazine rings is 1. The SMILES string of the molecule is Cc1ccc2[nH]ncc2c1-c1c(Cl)cc2c(N3C[C@@H](C)N(C(=O)O)C[C@@H]3C)nc(NS(C)(=O)=O)nc2c1F. The average molecular weight is 562 g/mol. The molecule has 0 unspecified atom stereocenters. The highest BCUT2D eigenvalue weighted by atomic mass is 35.5. The summed E-state index contributed by atoms with van der Waals surface area (Å²) < 4.78 is 42.8. The number of hydrogen-bond acceptors (Lipinski definition) is 7. The molecule has 14 heteroatoms. The lowest BCUT2D eigenvalue weighted by Crippen LogP contribution is -2.58. The van der Waals surface area contributed by atoms with Crippen molar-refractivity contribution in [1.82, 2.24) is 25.1 Å². The number of benzene rings is 2. The first-order valence-corrected chi connectivity index (χ1v) is 14.0. The number of fused-ring (bicyclic) bond motifs is 2. The maximum atomic E-state index is 16.4. The van der Waals surface area contributed by atoms with Crippen LogP contribution in [0.5, 0.6) is 0 Å². The van der Waals surface area contributed by atoms with E-state index in [2.05, 4.69) is 24.9 Å². The third-order valence-corrected chi connectivity index (χ3v) is 7.58. The van der Waals surface area contributed by atoms with Crippen LogP contribution in [-0.2, 0) is 10.0 Å². The zero-order valence-corrected chi connectivity index (χ0v) is 22.5. The van der Waals surface area contributed by atoms with Crippen LogP contribution in [0.2, 0.25) is 5.02 Å². The van der Waals surface area contributed by atoms with Gasteiger partial charge in [0.1, 0.15) is 11.3 Å². The van der Waals surface area contributed by atoms with E-state index in [0.717, 1.165) is 11.8 Å². The van der Waals surface area contributed by atoms with E-state index in [4.69, 9.17) is 11.6 Å². The maximum absolute atomic E-state index is 16.4. The first kappa shape index (κ1) is 25.9. The van der Waals surface area contributed by atoms with Crippen molar-refractivity contribution in [2.24, 2.45) is 0 Å². The molecule has 0 saturated carbocycles. The van der Waals surface area contributed by atoms with E-state index in [-0.39, 0.29) is 52.4 Å². The van der Waals surface area contributed by atoms with E-state index in [1.807, 2.05) is 30.9 Å². The number of rotatable bonds is 4. The number of aromatic amines is 1. The van der Waals surface area contributed by atoms with Crippen molar-refractivity contribution in [3.05, 3.63) is 40.8 Å². The number of aromatic nitrogens is 4. The van der Waals surface area contributed by atoms with Crippen molar-refractivity contribution in [2.45, 2.75) is 32.9 Å². The van der Waals surface area contributed by atoms with E-state index in [0.29, 0.717) is 16.5 Å². The van der Waals surface area contributed by atoms with E-state index >= 15 is 4.39 Å². The maximum Gasteiger partial charge on any atom is 0.407 e. The first-order valence-electron chi connectivity index (χ1n) is 11.7. The van der Waals surface area contributed by atoms with Gasteiger partial charge in [0.15, 0.2) is 5.82 Å². The molecule has 0 radical (unpaired) electrons. The second-order valence-corrected chi connectivity index (χ2v) is 11.7. The molecule has 0 bridgehead atoms. The van der Waals surface area contributed by atoms with Gasteiger partial charge in [-0.1, -0.05) is 17.7 Å². The van der Waals surface area contributed by atoms with Gasteiger partial charge < -0.3 is 14.9 Å². The molecule has 200 valence electrons. The van der Waals surface area contributed by atoms with Crippen LogP contribution >= 0.6 is 11.6 Å². The molecule has 1 aliphatic heterocycles. The molecule has 0 spiro atoms. The Kier molecular flexibility index (Phi) is 6.30. The van der Waals surface area contributed by atoms with Gasteiger partial charge in [0, 0.05) is 47.1 Å². The first-order chi connectivity index (χ1) is 17.9. The number of nitrogens with zero attached hydrogens (tertiary/aromatic N) is 5. The van der Waals surface area contributed by atoms with Crippen molar-refractivity contribution in [3.63, 3.8) is 0 Å². The molecule has 1 fully saturated rings. The third-order valence-electron chi connectivity index (χ3n) is 6.73. The Morgan fingerprint density at radius 2 is 1.92 bits per heavy atom. The molecule has 2 atom stereocenters. The summed E-state index contributed by atoms with van der Waals surface area (Å²) in [5.41, 5.74) is 1.98. The molecule has 11 nitrogen and oxygen atoms in total. The molecule has 2 aromatic heterocycles. The summed E-state index contributed by atoms with van der Waals surface area (Å²) in [5, 5.41) is 17.5. The molecule has 1 amide bonds. The van der Waals surface area contributed by atoms with Crippen molar-refractivity contribution in [2.75, 3.05) is 29.0 Å². The van der Waals surface area contributed by atoms with Crippen LogP contribution in [0.15, 0.2) is 24.4 Å². The van der Waals surface area contributed by atoms with Gasteiger partial charge in [-0.2, -0.15) is 10.1 Å². The molecule has 38 heavy (non-hydrogen) atoms. The summed E-state index contributed by atoms with van der Waals surface area (Å²) in [6.07, 6.45) is 1.49. The lowest BCUT2D eigenvalue weighted by Gasteiger charge is -2.43. The molecule has 4 aromatic rings. The highest BCUT2D eigenvalue weighted by molar-refractivity contribution is 7.92. The smallest absolute Gasteiger partial charge is 0.407 e. The van der Waals surface area contributed by atoms with Gasteiger partial charge >= 0.3 is 6.09 Å². The number of nitrogens with one attached hydrogen (secondary N) is 2. The number of carbonyl (C=O) groups is 1. The summed E-state index contributed by atoms with van der Waals surface area (Å²) in [6.45, 7) is 5.81. The van der Waals surface area contributed by atoms with Crippen molar-refractivity contribution >= 4 is 61.3 Å². The van der Waals surface area contributed by atoms with Gasteiger partial charge in [-0.25, -0.2) is 22.6 Å². The van der Waals surface area contributed by atoms with Crippen LogP contribution in [0.25, 0.3) is 32.9 Å². The standard InChI is InChI=1S/C24H25ClFN7O4S/c1-11-5-6-17-15(8-27-30-17)18(11)19-16(25)7-14-21(20(19)26)28-23(31-38(4,36)37)29-22(14)32-9-13(3)33(24(34)35)10-12(32)2/h5-8,12-13H,9-10H2,1-4H3,(H,27,30)(H,34,35)(H,28,29,31)/t12-,13+/m0/s1. The van der Waals surface area contributed by atoms with E-state index in [1.54, 1.807) is 19.2 Å². The van der Waals surface area contributed by atoms with Crippen LogP contribution in [0, 0.1) is 12.7 Å². The minimum Gasteiger partial charge on any atom is -0.465 e. The van der Waals surface area contributed by atoms with Crippen LogP contribution in [0.4, 0.5) is 21.0 Å².